The standard InChI is InChI=1S/C13H11NO3/c1-17-13(16)10-4-2-3-9(5-10)11-6-12(15)8-14-7-11/h2-8,15H,1H3. The number of ether oxygens (including phenoxy) is 1. The van der Waals surface area contributed by atoms with Gasteiger partial charge < -0.3 is 9.84 Å². The van der Waals surface area contributed by atoms with Gasteiger partial charge >= 0.3 is 5.97 Å². The van der Waals surface area contributed by atoms with Gasteiger partial charge in [0.2, 0.25) is 0 Å². The molecule has 1 N–H and O–H groups in total. The van der Waals surface area contributed by atoms with Gasteiger partial charge in [-0.05, 0) is 23.8 Å². The largest absolute Gasteiger partial charge is 0.506 e. The summed E-state index contributed by atoms with van der Waals surface area (Å²) in [4.78, 5) is 15.3. The van der Waals surface area contributed by atoms with Crippen molar-refractivity contribution in [2.75, 3.05) is 7.11 Å². The number of carbonyl (C=O) groups excluding carboxylic acids is 1. The molecule has 0 aliphatic carbocycles. The summed E-state index contributed by atoms with van der Waals surface area (Å²) < 4.78 is 4.65. The molecule has 17 heavy (non-hydrogen) atoms. The molecule has 86 valence electrons. The van der Waals surface area contributed by atoms with Crippen LogP contribution in [0.3, 0.4) is 0 Å². The second kappa shape index (κ2) is 4.65. The second-order valence-corrected chi connectivity index (χ2v) is 3.50. The molecule has 0 aliphatic heterocycles. The zero-order chi connectivity index (χ0) is 12.3. The molecule has 0 fully saturated rings. The van der Waals surface area contributed by atoms with Gasteiger partial charge in [0.25, 0.3) is 0 Å². The number of aromatic nitrogens is 1. The SMILES string of the molecule is COC(=O)c1cccc(-c2cncc(O)c2)c1. The van der Waals surface area contributed by atoms with Gasteiger partial charge in [-0.25, -0.2) is 4.79 Å². The molecule has 0 unspecified atom stereocenters. The molecule has 0 saturated heterocycles. The van der Waals surface area contributed by atoms with Crippen molar-refractivity contribution in [1.82, 2.24) is 4.98 Å². The minimum Gasteiger partial charge on any atom is -0.506 e. The van der Waals surface area contributed by atoms with Crippen LogP contribution < -0.4 is 0 Å². The fraction of sp³-hybridized carbons (Fsp3) is 0.0769. The van der Waals surface area contributed by atoms with Gasteiger partial charge in [-0.15, -0.1) is 0 Å². The summed E-state index contributed by atoms with van der Waals surface area (Å²) in [7, 11) is 1.34. The molecule has 0 bridgehead atoms. The number of pyridine rings is 1. The van der Waals surface area contributed by atoms with Gasteiger partial charge in [-0.2, -0.15) is 0 Å². The predicted octanol–water partition coefficient (Wildman–Crippen LogP) is 2.24. The highest BCUT2D eigenvalue weighted by atomic mass is 16.5. The maximum atomic E-state index is 11.4. The fourth-order valence-electron chi connectivity index (χ4n) is 1.53. The van der Waals surface area contributed by atoms with Crippen LogP contribution in [0.2, 0.25) is 0 Å². The number of methoxy groups -OCH3 is 1. The van der Waals surface area contributed by atoms with Gasteiger partial charge in [0, 0.05) is 11.8 Å². The van der Waals surface area contributed by atoms with E-state index in [1.54, 1.807) is 30.5 Å². The Labute approximate surface area is 98.5 Å². The number of esters is 1. The Hall–Kier alpha value is -2.36. The van der Waals surface area contributed by atoms with Crippen molar-refractivity contribution >= 4 is 5.97 Å². The minimum absolute atomic E-state index is 0.0889. The van der Waals surface area contributed by atoms with Gasteiger partial charge in [0.05, 0.1) is 18.9 Å². The maximum absolute atomic E-state index is 11.4. The van der Waals surface area contributed by atoms with Crippen LogP contribution in [-0.2, 0) is 4.74 Å². The highest BCUT2D eigenvalue weighted by Gasteiger charge is 2.07. The van der Waals surface area contributed by atoms with Gasteiger partial charge in [0.15, 0.2) is 0 Å². The molecule has 0 radical (unpaired) electrons. The van der Waals surface area contributed by atoms with E-state index in [1.165, 1.54) is 13.3 Å². The Morgan fingerprint density at radius 2 is 2.06 bits per heavy atom. The molecule has 1 heterocycles. The molecule has 2 aromatic rings. The van der Waals surface area contributed by atoms with Crippen molar-refractivity contribution in [3.8, 4) is 16.9 Å². The molecule has 0 saturated carbocycles. The van der Waals surface area contributed by atoms with Crippen molar-refractivity contribution in [2.24, 2.45) is 0 Å². The van der Waals surface area contributed by atoms with E-state index in [2.05, 4.69) is 9.72 Å². The van der Waals surface area contributed by atoms with E-state index in [0.29, 0.717) is 5.56 Å². The molecule has 4 nitrogen and oxygen atoms in total. The average molecular weight is 229 g/mol. The Morgan fingerprint density at radius 3 is 2.76 bits per heavy atom. The molecule has 1 aromatic carbocycles. The Morgan fingerprint density at radius 1 is 1.24 bits per heavy atom. The molecule has 0 aliphatic rings. The summed E-state index contributed by atoms with van der Waals surface area (Å²) in [5, 5.41) is 9.34. The summed E-state index contributed by atoms with van der Waals surface area (Å²) in [5.74, 6) is -0.300. The van der Waals surface area contributed by atoms with E-state index >= 15 is 0 Å². The van der Waals surface area contributed by atoms with E-state index in [-0.39, 0.29) is 11.7 Å². The molecule has 0 atom stereocenters. The summed E-state index contributed by atoms with van der Waals surface area (Å²) >= 11 is 0. The van der Waals surface area contributed by atoms with Crippen molar-refractivity contribution in [2.45, 2.75) is 0 Å². The average Bonchev–Trinajstić information content (AvgIpc) is 2.38. The minimum atomic E-state index is -0.389. The van der Waals surface area contributed by atoms with Crippen LogP contribution in [-0.4, -0.2) is 23.2 Å². The number of hydrogen-bond acceptors (Lipinski definition) is 4. The van der Waals surface area contributed by atoms with E-state index < -0.39 is 0 Å². The van der Waals surface area contributed by atoms with E-state index in [9.17, 15) is 9.90 Å². The quantitative estimate of drug-likeness (QED) is 0.802. The lowest BCUT2D eigenvalue weighted by atomic mass is 10.0. The first-order valence-corrected chi connectivity index (χ1v) is 5.03. The summed E-state index contributed by atoms with van der Waals surface area (Å²) in [5.41, 5.74) is 2.01. The monoisotopic (exact) mass is 229 g/mol. The van der Waals surface area contributed by atoms with Crippen LogP contribution in [0, 0.1) is 0 Å². The van der Waals surface area contributed by atoms with Crippen molar-refractivity contribution in [1.29, 1.82) is 0 Å². The maximum Gasteiger partial charge on any atom is 0.337 e. The molecular weight excluding hydrogens is 218 g/mol. The molecule has 0 amide bonds. The lowest BCUT2D eigenvalue weighted by Gasteiger charge is -2.04. The van der Waals surface area contributed by atoms with Crippen LogP contribution in [0.5, 0.6) is 5.75 Å². The van der Waals surface area contributed by atoms with Gasteiger partial charge in [0.1, 0.15) is 5.75 Å². The van der Waals surface area contributed by atoms with E-state index in [4.69, 9.17) is 0 Å². The van der Waals surface area contributed by atoms with Crippen molar-refractivity contribution in [3.05, 3.63) is 48.3 Å². The molecule has 4 heteroatoms. The third-order valence-electron chi connectivity index (χ3n) is 2.34. The normalized spacial score (nSPS) is 9.94. The van der Waals surface area contributed by atoms with Crippen molar-refractivity contribution < 1.29 is 14.6 Å². The van der Waals surface area contributed by atoms with Crippen LogP contribution in [0.4, 0.5) is 0 Å². The van der Waals surface area contributed by atoms with Gasteiger partial charge in [-0.1, -0.05) is 12.1 Å². The molecule has 2 rings (SSSR count). The number of benzene rings is 1. The molecule has 1 aromatic heterocycles. The molecule has 0 spiro atoms. The Balaban J connectivity index is 2.43. The second-order valence-electron chi connectivity index (χ2n) is 3.50. The first kappa shape index (κ1) is 11.1. The van der Waals surface area contributed by atoms with Crippen LogP contribution >= 0.6 is 0 Å². The van der Waals surface area contributed by atoms with E-state index in [1.807, 2.05) is 6.07 Å². The topological polar surface area (TPSA) is 59.4 Å². The third kappa shape index (κ3) is 2.42. The van der Waals surface area contributed by atoms with E-state index in [0.717, 1.165) is 11.1 Å². The first-order chi connectivity index (χ1) is 8.20. The summed E-state index contributed by atoms with van der Waals surface area (Å²) in [6.07, 6.45) is 2.98. The number of aromatic hydroxyl groups is 1. The molecular formula is C13H11NO3. The number of rotatable bonds is 2. The first-order valence-electron chi connectivity index (χ1n) is 5.03. The van der Waals surface area contributed by atoms with Crippen LogP contribution in [0.25, 0.3) is 11.1 Å². The summed E-state index contributed by atoms with van der Waals surface area (Å²) in [6, 6.07) is 8.55. The van der Waals surface area contributed by atoms with Crippen LogP contribution in [0.1, 0.15) is 10.4 Å². The van der Waals surface area contributed by atoms with Crippen LogP contribution in [0.15, 0.2) is 42.7 Å². The fourth-order valence-corrected chi connectivity index (χ4v) is 1.53. The number of nitrogens with zero attached hydrogens (tertiary/aromatic N) is 1. The zero-order valence-electron chi connectivity index (χ0n) is 9.25. The predicted molar refractivity (Wildman–Crippen MR) is 62.7 cm³/mol. The Bertz CT molecular complexity index is 552. The third-order valence-corrected chi connectivity index (χ3v) is 2.34. The van der Waals surface area contributed by atoms with Gasteiger partial charge in [-0.3, -0.25) is 4.98 Å². The zero-order valence-corrected chi connectivity index (χ0v) is 9.25. The van der Waals surface area contributed by atoms with Crippen molar-refractivity contribution in [3.63, 3.8) is 0 Å². The lowest BCUT2D eigenvalue weighted by molar-refractivity contribution is 0.0601. The Kier molecular flexibility index (Phi) is 3.05. The summed E-state index contributed by atoms with van der Waals surface area (Å²) in [6.45, 7) is 0. The lowest BCUT2D eigenvalue weighted by Crippen LogP contribution is -2.00. The number of hydrogen-bond donors (Lipinski definition) is 1. The number of carbonyl (C=O) groups is 1. The highest BCUT2D eigenvalue weighted by molar-refractivity contribution is 5.90. The smallest absolute Gasteiger partial charge is 0.337 e. The highest BCUT2D eigenvalue weighted by Crippen LogP contribution is 2.22.